The van der Waals surface area contributed by atoms with Crippen molar-refractivity contribution >= 4 is 29.5 Å². The van der Waals surface area contributed by atoms with Gasteiger partial charge in [-0.05, 0) is 57.4 Å². The second-order valence-electron chi connectivity index (χ2n) is 8.03. The minimum Gasteiger partial charge on any atom is -0.398 e. The number of fused-ring (bicyclic) bond motifs is 1. The molecular weight excluding hydrogens is 315 g/mol. The number of aromatic amines is 1. The first-order valence-electron chi connectivity index (χ1n) is 8.80. The van der Waals surface area contributed by atoms with Gasteiger partial charge in [0.2, 0.25) is 0 Å². The topological polar surface area (TPSA) is 63.4 Å². The SMILES string of the molecule is CNC(=O)c1ccc2[nH]c(B3OC(C)(C)C(C)(C)O3)c(C(C)C)c2c1. The van der Waals surface area contributed by atoms with Crippen LogP contribution in [0.1, 0.15) is 63.4 Å². The summed E-state index contributed by atoms with van der Waals surface area (Å²) in [5.41, 5.74) is 2.93. The van der Waals surface area contributed by atoms with Crippen molar-refractivity contribution in [2.75, 3.05) is 7.05 Å². The smallest absolute Gasteiger partial charge is 0.398 e. The van der Waals surface area contributed by atoms with Crippen LogP contribution in [-0.4, -0.2) is 36.3 Å². The van der Waals surface area contributed by atoms with Gasteiger partial charge < -0.3 is 19.6 Å². The second kappa shape index (κ2) is 5.89. The molecule has 5 nitrogen and oxygen atoms in total. The standard InChI is InChI=1S/C19H27BN2O3/c1-11(2)15-13-10-12(17(23)21-7)8-9-14(13)22-16(15)20-24-18(3,4)19(5,6)25-20/h8-11,22H,1-7H3,(H,21,23). The van der Waals surface area contributed by atoms with Crippen LogP contribution in [-0.2, 0) is 9.31 Å². The Morgan fingerprint density at radius 3 is 2.28 bits per heavy atom. The predicted molar refractivity (Wildman–Crippen MR) is 101 cm³/mol. The molecule has 1 fully saturated rings. The van der Waals surface area contributed by atoms with Crippen molar-refractivity contribution < 1.29 is 14.1 Å². The minimum absolute atomic E-state index is 0.0880. The van der Waals surface area contributed by atoms with E-state index in [-0.39, 0.29) is 11.8 Å². The van der Waals surface area contributed by atoms with E-state index in [4.69, 9.17) is 9.31 Å². The maximum Gasteiger partial charge on any atom is 0.512 e. The van der Waals surface area contributed by atoms with E-state index in [9.17, 15) is 4.79 Å². The maximum absolute atomic E-state index is 12.0. The molecule has 0 radical (unpaired) electrons. The Labute approximate surface area is 149 Å². The van der Waals surface area contributed by atoms with Gasteiger partial charge in [0.15, 0.2) is 0 Å². The molecule has 0 aliphatic carbocycles. The first-order valence-corrected chi connectivity index (χ1v) is 8.80. The van der Waals surface area contributed by atoms with Crippen molar-refractivity contribution in [3.8, 4) is 0 Å². The zero-order valence-electron chi connectivity index (χ0n) is 16.1. The molecule has 1 amide bonds. The molecule has 2 aromatic rings. The quantitative estimate of drug-likeness (QED) is 0.843. The van der Waals surface area contributed by atoms with Gasteiger partial charge in [0.05, 0.1) is 11.2 Å². The van der Waals surface area contributed by atoms with E-state index in [1.165, 1.54) is 0 Å². The zero-order valence-corrected chi connectivity index (χ0v) is 16.1. The van der Waals surface area contributed by atoms with Gasteiger partial charge in [-0.2, -0.15) is 0 Å². The third kappa shape index (κ3) is 2.87. The van der Waals surface area contributed by atoms with E-state index < -0.39 is 18.3 Å². The van der Waals surface area contributed by atoms with Crippen LogP contribution in [0.2, 0.25) is 0 Å². The van der Waals surface area contributed by atoms with Crippen LogP contribution in [0.15, 0.2) is 18.2 Å². The molecule has 0 spiro atoms. The van der Waals surface area contributed by atoms with E-state index in [0.29, 0.717) is 5.56 Å². The van der Waals surface area contributed by atoms with Gasteiger partial charge in [-0.1, -0.05) is 13.8 Å². The van der Waals surface area contributed by atoms with Crippen molar-refractivity contribution in [1.29, 1.82) is 0 Å². The highest BCUT2D eigenvalue weighted by Crippen LogP contribution is 2.37. The average Bonchev–Trinajstić information content (AvgIpc) is 3.00. The number of hydrogen-bond donors (Lipinski definition) is 2. The summed E-state index contributed by atoms with van der Waals surface area (Å²) in [6, 6.07) is 5.71. The third-order valence-electron chi connectivity index (χ3n) is 5.42. The highest BCUT2D eigenvalue weighted by molar-refractivity contribution is 6.62. The lowest BCUT2D eigenvalue weighted by Gasteiger charge is -2.32. The Bertz CT molecular complexity index is 807. The fraction of sp³-hybridized carbons (Fsp3) is 0.526. The van der Waals surface area contributed by atoms with Gasteiger partial charge in [0, 0.05) is 29.1 Å². The molecule has 1 saturated heterocycles. The van der Waals surface area contributed by atoms with Crippen LogP contribution in [0.5, 0.6) is 0 Å². The van der Waals surface area contributed by atoms with E-state index in [1.807, 2.05) is 45.9 Å². The number of benzene rings is 1. The van der Waals surface area contributed by atoms with E-state index in [0.717, 1.165) is 22.1 Å². The molecule has 25 heavy (non-hydrogen) atoms. The van der Waals surface area contributed by atoms with Crippen LogP contribution in [0, 0.1) is 0 Å². The summed E-state index contributed by atoms with van der Waals surface area (Å²) in [6.45, 7) is 12.5. The van der Waals surface area contributed by atoms with Crippen molar-refractivity contribution in [1.82, 2.24) is 10.3 Å². The second-order valence-corrected chi connectivity index (χ2v) is 8.03. The van der Waals surface area contributed by atoms with Crippen LogP contribution in [0.3, 0.4) is 0 Å². The van der Waals surface area contributed by atoms with Crippen molar-refractivity contribution in [3.05, 3.63) is 29.3 Å². The molecule has 3 rings (SSSR count). The Morgan fingerprint density at radius 2 is 1.76 bits per heavy atom. The van der Waals surface area contributed by atoms with Gasteiger partial charge >= 0.3 is 7.12 Å². The number of rotatable bonds is 3. The number of hydrogen-bond acceptors (Lipinski definition) is 3. The molecule has 1 aliphatic rings. The van der Waals surface area contributed by atoms with Gasteiger partial charge in [-0.15, -0.1) is 0 Å². The Kier molecular flexibility index (Phi) is 4.24. The molecule has 0 unspecified atom stereocenters. The number of H-pyrrole nitrogens is 1. The van der Waals surface area contributed by atoms with Crippen LogP contribution in [0.4, 0.5) is 0 Å². The molecule has 0 saturated carbocycles. The Hall–Kier alpha value is -1.79. The van der Waals surface area contributed by atoms with Crippen LogP contribution < -0.4 is 10.9 Å². The van der Waals surface area contributed by atoms with Crippen LogP contribution in [0.25, 0.3) is 10.9 Å². The number of carbonyl (C=O) groups is 1. The summed E-state index contributed by atoms with van der Waals surface area (Å²) in [5.74, 6) is 0.178. The highest BCUT2D eigenvalue weighted by Gasteiger charge is 2.53. The molecule has 0 atom stereocenters. The van der Waals surface area contributed by atoms with Crippen molar-refractivity contribution in [2.24, 2.45) is 0 Å². The molecule has 6 heteroatoms. The molecule has 134 valence electrons. The normalized spacial score (nSPS) is 19.0. The van der Waals surface area contributed by atoms with Gasteiger partial charge in [-0.25, -0.2) is 0 Å². The highest BCUT2D eigenvalue weighted by atomic mass is 16.7. The minimum atomic E-state index is -0.446. The van der Waals surface area contributed by atoms with E-state index in [2.05, 4.69) is 24.1 Å². The van der Waals surface area contributed by atoms with Crippen molar-refractivity contribution in [2.45, 2.75) is 58.7 Å². The zero-order chi connectivity index (χ0) is 18.6. The number of carbonyl (C=O) groups excluding carboxylic acids is 1. The monoisotopic (exact) mass is 342 g/mol. The molecule has 1 aromatic carbocycles. The lowest BCUT2D eigenvalue weighted by Crippen LogP contribution is -2.41. The van der Waals surface area contributed by atoms with E-state index >= 15 is 0 Å². The molecule has 2 heterocycles. The predicted octanol–water partition coefficient (Wildman–Crippen LogP) is 2.95. The summed E-state index contributed by atoms with van der Waals surface area (Å²) in [7, 11) is 1.20. The van der Waals surface area contributed by atoms with E-state index in [1.54, 1.807) is 7.05 Å². The Morgan fingerprint density at radius 1 is 1.16 bits per heavy atom. The maximum atomic E-state index is 12.0. The fourth-order valence-corrected chi connectivity index (χ4v) is 3.29. The Balaban J connectivity index is 2.13. The summed E-state index contributed by atoms with van der Waals surface area (Å²) < 4.78 is 12.5. The lowest BCUT2D eigenvalue weighted by molar-refractivity contribution is 0.00578. The first kappa shape index (κ1) is 18.0. The molecule has 1 aromatic heterocycles. The number of amides is 1. The molecule has 0 bridgehead atoms. The summed E-state index contributed by atoms with van der Waals surface area (Å²) in [4.78, 5) is 15.5. The van der Waals surface area contributed by atoms with Gasteiger partial charge in [0.25, 0.3) is 5.91 Å². The van der Waals surface area contributed by atoms with Crippen LogP contribution >= 0.6 is 0 Å². The lowest BCUT2D eigenvalue weighted by atomic mass is 9.78. The summed E-state index contributed by atoms with van der Waals surface area (Å²) >= 11 is 0. The third-order valence-corrected chi connectivity index (χ3v) is 5.42. The molecular formula is C19H27BN2O3. The average molecular weight is 342 g/mol. The fourth-order valence-electron chi connectivity index (χ4n) is 3.29. The number of nitrogens with one attached hydrogen (secondary N) is 2. The van der Waals surface area contributed by atoms with Gasteiger partial charge in [0.1, 0.15) is 0 Å². The number of aromatic nitrogens is 1. The summed E-state index contributed by atoms with van der Waals surface area (Å²) in [6.07, 6.45) is 0. The molecule has 2 N–H and O–H groups in total. The summed E-state index contributed by atoms with van der Waals surface area (Å²) in [5, 5.41) is 3.72. The first-order chi connectivity index (χ1) is 11.6. The van der Waals surface area contributed by atoms with Gasteiger partial charge in [-0.3, -0.25) is 4.79 Å². The molecule has 1 aliphatic heterocycles. The van der Waals surface area contributed by atoms with Crippen molar-refractivity contribution in [3.63, 3.8) is 0 Å². The largest absolute Gasteiger partial charge is 0.512 e.